The monoisotopic (exact) mass is 150 g/mol. The summed E-state index contributed by atoms with van der Waals surface area (Å²) < 4.78 is 0. The van der Waals surface area contributed by atoms with Crippen molar-refractivity contribution >= 4 is 11.8 Å². The lowest BCUT2D eigenvalue weighted by Crippen LogP contribution is -2.48. The van der Waals surface area contributed by atoms with Crippen LogP contribution in [0.15, 0.2) is 0 Å². The van der Waals surface area contributed by atoms with E-state index >= 15 is 0 Å². The van der Waals surface area contributed by atoms with E-state index in [1.54, 1.807) is 0 Å². The number of hydrogen-bond donors (Lipinski definition) is 6. The molecule has 8 heteroatoms. The minimum atomic E-state index is -1.15. The summed E-state index contributed by atoms with van der Waals surface area (Å²) in [6.07, 6.45) is 0. The first-order valence-corrected chi connectivity index (χ1v) is 2.11. The number of hydrazine groups is 2. The molecule has 0 fully saturated rings. The summed E-state index contributed by atoms with van der Waals surface area (Å²) in [4.78, 5) is 20.5. The van der Waals surface area contributed by atoms with Crippen molar-refractivity contribution in [3.05, 3.63) is 0 Å². The molecular weight excluding hydrogens is 144 g/mol. The summed E-state index contributed by atoms with van der Waals surface area (Å²) in [5.41, 5.74) is 5.54. The normalized spacial score (nSPS) is 8.60. The molecule has 2 amide bonds. The van der Waals surface area contributed by atoms with Crippen molar-refractivity contribution < 1.29 is 20.0 Å². The van der Waals surface area contributed by atoms with E-state index in [-0.39, 0.29) is 0 Å². The molecule has 10 heavy (non-hydrogen) atoms. The van der Waals surface area contributed by atoms with Crippen LogP contribution in [0.5, 0.6) is 0 Å². The molecule has 0 bridgehead atoms. The molecule has 0 spiro atoms. The van der Waals surface area contributed by atoms with E-state index in [0.29, 0.717) is 0 Å². The van der Waals surface area contributed by atoms with Crippen LogP contribution in [0.4, 0.5) is 0 Å². The topological polar surface area (TPSA) is 123 Å². The average Bonchev–Trinajstić information content (AvgIpc) is 1.89. The Bertz CT molecular complexity index is 119. The van der Waals surface area contributed by atoms with Gasteiger partial charge in [-0.3, -0.25) is 30.9 Å². The van der Waals surface area contributed by atoms with Gasteiger partial charge < -0.3 is 0 Å². The van der Waals surface area contributed by atoms with E-state index in [1.165, 1.54) is 22.0 Å². The van der Waals surface area contributed by atoms with Crippen LogP contribution in [0, 0.1) is 0 Å². The fourth-order valence-corrected chi connectivity index (χ4v) is 0.215. The maximum absolute atomic E-state index is 10.2. The van der Waals surface area contributed by atoms with Gasteiger partial charge in [0.25, 0.3) is 0 Å². The molecule has 0 unspecified atom stereocenters. The molecule has 0 aromatic rings. The molecule has 6 N–H and O–H groups in total. The molecule has 0 atom stereocenters. The van der Waals surface area contributed by atoms with E-state index in [9.17, 15) is 9.59 Å². The van der Waals surface area contributed by atoms with Crippen LogP contribution in [0.3, 0.4) is 0 Å². The third-order valence-corrected chi connectivity index (χ3v) is 0.545. The number of carbonyl (C=O) groups excluding carboxylic acids is 2. The van der Waals surface area contributed by atoms with Crippen LogP contribution in [0.2, 0.25) is 0 Å². The van der Waals surface area contributed by atoms with Gasteiger partial charge in [-0.25, -0.2) is 0 Å². The second-order valence-corrected chi connectivity index (χ2v) is 1.13. The molecular formula is C2H6N4O4. The van der Waals surface area contributed by atoms with Gasteiger partial charge in [0.1, 0.15) is 0 Å². The van der Waals surface area contributed by atoms with E-state index < -0.39 is 11.8 Å². The van der Waals surface area contributed by atoms with Gasteiger partial charge >= 0.3 is 11.8 Å². The summed E-state index contributed by atoms with van der Waals surface area (Å²) in [7, 11) is 0. The highest BCUT2D eigenvalue weighted by atomic mass is 16.5. The summed E-state index contributed by atoms with van der Waals surface area (Å²) in [5.74, 6) is -2.30. The lowest BCUT2D eigenvalue weighted by molar-refractivity contribution is -0.143. The Hall–Kier alpha value is -1.22. The summed E-state index contributed by atoms with van der Waals surface area (Å²) >= 11 is 0. The molecule has 0 rings (SSSR count). The van der Waals surface area contributed by atoms with E-state index in [1.807, 2.05) is 0 Å². The van der Waals surface area contributed by atoms with Crippen molar-refractivity contribution in [2.24, 2.45) is 0 Å². The van der Waals surface area contributed by atoms with Crippen molar-refractivity contribution in [1.82, 2.24) is 22.0 Å². The third-order valence-electron chi connectivity index (χ3n) is 0.545. The molecule has 0 saturated carbocycles. The fraction of sp³-hybridized carbons (Fsp3) is 0. The van der Waals surface area contributed by atoms with Crippen molar-refractivity contribution in [2.45, 2.75) is 0 Å². The van der Waals surface area contributed by atoms with Crippen LogP contribution in [-0.4, -0.2) is 22.2 Å². The van der Waals surface area contributed by atoms with Crippen molar-refractivity contribution in [2.75, 3.05) is 0 Å². The minimum absolute atomic E-state index is 1.15. The van der Waals surface area contributed by atoms with Crippen LogP contribution in [0.1, 0.15) is 0 Å². The Morgan fingerprint density at radius 1 is 0.900 bits per heavy atom. The molecule has 0 aliphatic heterocycles. The van der Waals surface area contributed by atoms with Crippen molar-refractivity contribution in [3.63, 3.8) is 0 Å². The number of carbonyl (C=O) groups is 2. The van der Waals surface area contributed by atoms with E-state index in [4.69, 9.17) is 10.4 Å². The highest BCUT2D eigenvalue weighted by molar-refractivity contribution is 6.34. The lowest BCUT2D eigenvalue weighted by Gasteiger charge is -2.00. The molecule has 0 radical (unpaired) electrons. The number of amides is 2. The van der Waals surface area contributed by atoms with Crippen molar-refractivity contribution in [3.8, 4) is 0 Å². The van der Waals surface area contributed by atoms with E-state index in [2.05, 4.69) is 0 Å². The molecule has 0 aliphatic rings. The Morgan fingerprint density at radius 3 is 1.40 bits per heavy atom. The predicted molar refractivity (Wildman–Crippen MR) is 26.1 cm³/mol. The Balaban J connectivity index is 3.60. The molecule has 0 aromatic heterocycles. The van der Waals surface area contributed by atoms with Crippen LogP contribution in [0.25, 0.3) is 0 Å². The van der Waals surface area contributed by atoms with Gasteiger partial charge in [0, 0.05) is 0 Å². The highest BCUT2D eigenvalue weighted by Gasteiger charge is 2.10. The summed E-state index contributed by atoms with van der Waals surface area (Å²) in [6.45, 7) is 0. The van der Waals surface area contributed by atoms with Gasteiger partial charge in [-0.2, -0.15) is 0 Å². The van der Waals surface area contributed by atoms with Gasteiger partial charge in [0.2, 0.25) is 0 Å². The maximum atomic E-state index is 10.2. The highest BCUT2D eigenvalue weighted by Crippen LogP contribution is 1.59. The van der Waals surface area contributed by atoms with Gasteiger partial charge in [-0.05, 0) is 0 Å². The quantitative estimate of drug-likeness (QED) is 0.184. The van der Waals surface area contributed by atoms with Gasteiger partial charge in [-0.1, -0.05) is 0 Å². The van der Waals surface area contributed by atoms with Gasteiger partial charge in [-0.15, -0.1) is 11.2 Å². The second-order valence-electron chi connectivity index (χ2n) is 1.13. The average molecular weight is 150 g/mol. The second kappa shape index (κ2) is 4.64. The van der Waals surface area contributed by atoms with Gasteiger partial charge in [0.15, 0.2) is 0 Å². The first kappa shape index (κ1) is 8.78. The SMILES string of the molecule is O=C(NNO)C(=O)NNO. The molecule has 0 aliphatic carbocycles. The Morgan fingerprint density at radius 2 is 1.20 bits per heavy atom. The first-order valence-electron chi connectivity index (χ1n) is 2.11. The first-order chi connectivity index (χ1) is 4.72. The fourth-order valence-electron chi connectivity index (χ4n) is 0.215. The predicted octanol–water partition coefficient (Wildman–Crippen LogP) is -2.99. The zero-order valence-electron chi connectivity index (χ0n) is 4.71. The Kier molecular flexibility index (Phi) is 4.07. The molecule has 58 valence electrons. The number of nitrogens with one attached hydrogen (secondary N) is 4. The zero-order chi connectivity index (χ0) is 7.98. The standard InChI is InChI=1S/C2H6N4O4/c7-1(3-5-9)2(8)4-6-10/h5-6,9-10H,(H,3,7)(H,4,8). The van der Waals surface area contributed by atoms with Gasteiger partial charge in [0.05, 0.1) is 0 Å². The number of rotatable bonds is 2. The third kappa shape index (κ3) is 2.94. The largest absolute Gasteiger partial charge is 0.326 e. The van der Waals surface area contributed by atoms with Crippen LogP contribution >= 0.6 is 0 Å². The lowest BCUT2D eigenvalue weighted by atomic mass is 10.6. The summed E-state index contributed by atoms with van der Waals surface area (Å²) in [5, 5.41) is 15.6. The molecule has 8 nitrogen and oxygen atoms in total. The maximum Gasteiger partial charge on any atom is 0.326 e. The van der Waals surface area contributed by atoms with Crippen LogP contribution in [-0.2, 0) is 9.59 Å². The summed E-state index contributed by atoms with van der Waals surface area (Å²) in [6, 6.07) is 0. The molecule has 0 saturated heterocycles. The van der Waals surface area contributed by atoms with Crippen LogP contribution < -0.4 is 22.0 Å². The molecule has 0 aromatic carbocycles. The molecule has 0 heterocycles. The minimum Gasteiger partial charge on any atom is -0.297 e. The number of hydrogen-bond acceptors (Lipinski definition) is 6. The van der Waals surface area contributed by atoms with Crippen molar-refractivity contribution in [1.29, 1.82) is 0 Å². The Labute approximate surface area is 55.1 Å². The zero-order valence-corrected chi connectivity index (χ0v) is 4.71. The smallest absolute Gasteiger partial charge is 0.297 e. The van der Waals surface area contributed by atoms with E-state index in [0.717, 1.165) is 0 Å².